The highest BCUT2D eigenvalue weighted by Crippen LogP contribution is 2.12. The number of carbonyl (C=O) groups excluding carboxylic acids is 1. The van der Waals surface area contributed by atoms with E-state index in [0.717, 1.165) is 11.3 Å². The normalized spacial score (nSPS) is 10.1. The zero-order valence-corrected chi connectivity index (χ0v) is 11.5. The van der Waals surface area contributed by atoms with E-state index in [1.807, 2.05) is 61.5 Å². The average molecular weight is 269 g/mol. The molecule has 0 saturated heterocycles. The molecule has 0 bridgehead atoms. The zero-order chi connectivity index (χ0) is 14.4. The van der Waals surface area contributed by atoms with E-state index in [4.69, 9.17) is 5.73 Å². The number of nitrogens with zero attached hydrogens (tertiary/aromatic N) is 1. The molecular formula is C16H19N3O. The smallest absolute Gasteiger partial charge is 0.322 e. The van der Waals surface area contributed by atoms with E-state index in [-0.39, 0.29) is 6.03 Å². The molecule has 0 saturated carbocycles. The maximum absolute atomic E-state index is 12.2. The van der Waals surface area contributed by atoms with Gasteiger partial charge in [0.1, 0.15) is 0 Å². The molecular weight excluding hydrogens is 250 g/mol. The molecule has 2 amide bonds. The van der Waals surface area contributed by atoms with Crippen LogP contribution in [0.5, 0.6) is 0 Å². The number of carbonyl (C=O) groups is 1. The van der Waals surface area contributed by atoms with E-state index in [9.17, 15) is 4.79 Å². The second kappa shape index (κ2) is 6.61. The Morgan fingerprint density at radius 2 is 1.90 bits per heavy atom. The molecule has 0 atom stereocenters. The second-order valence-electron chi connectivity index (χ2n) is 4.56. The van der Waals surface area contributed by atoms with E-state index < -0.39 is 0 Å². The minimum atomic E-state index is -0.110. The average Bonchev–Trinajstić information content (AvgIpc) is 2.46. The van der Waals surface area contributed by atoms with Gasteiger partial charge in [0.15, 0.2) is 0 Å². The predicted molar refractivity (Wildman–Crippen MR) is 82.4 cm³/mol. The van der Waals surface area contributed by atoms with Crippen molar-refractivity contribution in [2.24, 2.45) is 0 Å². The van der Waals surface area contributed by atoms with Crippen molar-refractivity contribution in [2.45, 2.75) is 13.5 Å². The molecule has 0 radical (unpaired) electrons. The van der Waals surface area contributed by atoms with Crippen LogP contribution < -0.4 is 11.1 Å². The first-order valence-corrected chi connectivity index (χ1v) is 6.64. The van der Waals surface area contributed by atoms with E-state index in [1.54, 1.807) is 4.90 Å². The zero-order valence-electron chi connectivity index (χ0n) is 11.5. The number of amides is 2. The Balaban J connectivity index is 2.02. The molecule has 2 aromatic rings. The van der Waals surface area contributed by atoms with Crippen LogP contribution in [-0.4, -0.2) is 17.5 Å². The number of anilines is 2. The van der Waals surface area contributed by atoms with Gasteiger partial charge in [-0.05, 0) is 36.8 Å². The predicted octanol–water partition coefficient (Wildman–Crippen LogP) is 3.32. The van der Waals surface area contributed by atoms with Crippen molar-refractivity contribution >= 4 is 17.4 Å². The fourth-order valence-corrected chi connectivity index (χ4v) is 1.96. The molecule has 0 fully saturated rings. The van der Waals surface area contributed by atoms with Crippen LogP contribution in [0.1, 0.15) is 12.5 Å². The van der Waals surface area contributed by atoms with Crippen LogP contribution in [0.25, 0.3) is 0 Å². The van der Waals surface area contributed by atoms with E-state index in [2.05, 4.69) is 5.32 Å². The molecule has 104 valence electrons. The van der Waals surface area contributed by atoms with Crippen LogP contribution in [-0.2, 0) is 6.54 Å². The van der Waals surface area contributed by atoms with Gasteiger partial charge in [0.05, 0.1) is 0 Å². The Kier molecular flexibility index (Phi) is 4.60. The first kappa shape index (κ1) is 13.9. The van der Waals surface area contributed by atoms with Crippen molar-refractivity contribution in [2.75, 3.05) is 17.6 Å². The standard InChI is InChI=1S/C16H19N3O/c1-2-19(12-13-7-6-8-14(17)11-13)16(20)18-15-9-4-3-5-10-15/h3-11H,2,12,17H2,1H3,(H,18,20). The van der Waals surface area contributed by atoms with E-state index in [1.165, 1.54) is 0 Å². The minimum absolute atomic E-state index is 0.110. The monoisotopic (exact) mass is 269 g/mol. The first-order valence-electron chi connectivity index (χ1n) is 6.64. The molecule has 0 unspecified atom stereocenters. The van der Waals surface area contributed by atoms with Crippen LogP contribution in [0.3, 0.4) is 0 Å². The number of hydrogen-bond donors (Lipinski definition) is 2. The highest BCUT2D eigenvalue weighted by atomic mass is 16.2. The van der Waals surface area contributed by atoms with Crippen LogP contribution in [0.2, 0.25) is 0 Å². The third-order valence-corrected chi connectivity index (χ3v) is 3.02. The van der Waals surface area contributed by atoms with E-state index in [0.29, 0.717) is 18.8 Å². The number of nitrogens with one attached hydrogen (secondary N) is 1. The van der Waals surface area contributed by atoms with Crippen LogP contribution in [0.4, 0.5) is 16.2 Å². The summed E-state index contributed by atoms with van der Waals surface area (Å²) >= 11 is 0. The first-order chi connectivity index (χ1) is 9.69. The molecule has 2 aromatic carbocycles. The van der Waals surface area contributed by atoms with Gasteiger partial charge in [0.25, 0.3) is 0 Å². The molecule has 0 aliphatic rings. The molecule has 0 heterocycles. The summed E-state index contributed by atoms with van der Waals surface area (Å²) in [5.41, 5.74) is 8.28. The van der Waals surface area contributed by atoms with Gasteiger partial charge >= 0.3 is 6.03 Å². The Labute approximate surface area is 119 Å². The molecule has 0 spiro atoms. The van der Waals surface area contributed by atoms with Gasteiger partial charge in [-0.15, -0.1) is 0 Å². The third-order valence-electron chi connectivity index (χ3n) is 3.02. The Morgan fingerprint density at radius 3 is 2.55 bits per heavy atom. The van der Waals surface area contributed by atoms with Gasteiger partial charge in [-0.2, -0.15) is 0 Å². The number of hydrogen-bond acceptors (Lipinski definition) is 2. The summed E-state index contributed by atoms with van der Waals surface area (Å²) in [7, 11) is 0. The molecule has 20 heavy (non-hydrogen) atoms. The number of para-hydroxylation sites is 1. The molecule has 2 rings (SSSR count). The van der Waals surface area contributed by atoms with Gasteiger partial charge in [0, 0.05) is 24.5 Å². The summed E-state index contributed by atoms with van der Waals surface area (Å²) in [6.45, 7) is 3.13. The summed E-state index contributed by atoms with van der Waals surface area (Å²) in [6.07, 6.45) is 0. The maximum Gasteiger partial charge on any atom is 0.322 e. The lowest BCUT2D eigenvalue weighted by Crippen LogP contribution is -2.34. The number of urea groups is 1. The lowest BCUT2D eigenvalue weighted by Gasteiger charge is -2.21. The van der Waals surface area contributed by atoms with Gasteiger partial charge < -0.3 is 16.0 Å². The Bertz CT molecular complexity index is 569. The van der Waals surface area contributed by atoms with Crippen LogP contribution in [0.15, 0.2) is 54.6 Å². The molecule has 0 aliphatic heterocycles. The fraction of sp³-hybridized carbons (Fsp3) is 0.188. The SMILES string of the molecule is CCN(Cc1cccc(N)c1)C(=O)Nc1ccccc1. The maximum atomic E-state index is 12.2. The lowest BCUT2D eigenvalue weighted by molar-refractivity contribution is 0.212. The van der Waals surface area contributed by atoms with Crippen molar-refractivity contribution in [1.82, 2.24) is 4.90 Å². The summed E-state index contributed by atoms with van der Waals surface area (Å²) in [4.78, 5) is 14.0. The number of rotatable bonds is 4. The quantitative estimate of drug-likeness (QED) is 0.836. The third kappa shape index (κ3) is 3.75. The van der Waals surface area contributed by atoms with Crippen molar-refractivity contribution in [1.29, 1.82) is 0 Å². The Hall–Kier alpha value is -2.49. The summed E-state index contributed by atoms with van der Waals surface area (Å²) in [5, 5.41) is 2.88. The summed E-state index contributed by atoms with van der Waals surface area (Å²) < 4.78 is 0. The van der Waals surface area contributed by atoms with Gasteiger partial charge in [-0.25, -0.2) is 4.79 Å². The number of nitrogens with two attached hydrogens (primary N) is 1. The Morgan fingerprint density at radius 1 is 1.15 bits per heavy atom. The molecule has 0 aromatic heterocycles. The largest absolute Gasteiger partial charge is 0.399 e. The van der Waals surface area contributed by atoms with Crippen molar-refractivity contribution in [3.63, 3.8) is 0 Å². The molecule has 4 heteroatoms. The van der Waals surface area contributed by atoms with Gasteiger partial charge in [-0.1, -0.05) is 30.3 Å². The highest BCUT2D eigenvalue weighted by Gasteiger charge is 2.12. The van der Waals surface area contributed by atoms with Crippen molar-refractivity contribution in [3.05, 3.63) is 60.2 Å². The topological polar surface area (TPSA) is 58.4 Å². The number of benzene rings is 2. The summed E-state index contributed by atoms with van der Waals surface area (Å²) in [5.74, 6) is 0. The van der Waals surface area contributed by atoms with E-state index >= 15 is 0 Å². The summed E-state index contributed by atoms with van der Waals surface area (Å²) in [6, 6.07) is 16.9. The van der Waals surface area contributed by atoms with Gasteiger partial charge in [0.2, 0.25) is 0 Å². The van der Waals surface area contributed by atoms with Crippen LogP contribution >= 0.6 is 0 Å². The molecule has 0 aliphatic carbocycles. The molecule has 3 N–H and O–H groups in total. The number of nitrogen functional groups attached to an aromatic ring is 1. The molecule has 4 nitrogen and oxygen atoms in total. The van der Waals surface area contributed by atoms with Crippen molar-refractivity contribution < 1.29 is 4.79 Å². The second-order valence-corrected chi connectivity index (χ2v) is 4.56. The van der Waals surface area contributed by atoms with Crippen LogP contribution in [0, 0.1) is 0 Å². The highest BCUT2D eigenvalue weighted by molar-refractivity contribution is 5.89. The van der Waals surface area contributed by atoms with Gasteiger partial charge in [-0.3, -0.25) is 0 Å². The lowest BCUT2D eigenvalue weighted by atomic mass is 10.2. The van der Waals surface area contributed by atoms with Crippen molar-refractivity contribution in [3.8, 4) is 0 Å². The minimum Gasteiger partial charge on any atom is -0.399 e. The fourth-order valence-electron chi connectivity index (χ4n) is 1.96.